The molecule has 0 radical (unpaired) electrons. The lowest BCUT2D eigenvalue weighted by molar-refractivity contribution is -0.145. The van der Waals surface area contributed by atoms with E-state index < -0.39 is 18.2 Å². The molecule has 0 saturated heterocycles. The van der Waals surface area contributed by atoms with Crippen LogP contribution in [-0.4, -0.2) is 33.3 Å². The van der Waals surface area contributed by atoms with Gasteiger partial charge in [-0.05, 0) is 65.8 Å². The van der Waals surface area contributed by atoms with Crippen LogP contribution < -0.4 is 15.2 Å². The summed E-state index contributed by atoms with van der Waals surface area (Å²) in [6, 6.07) is 27.3. The fourth-order valence-corrected chi connectivity index (χ4v) is 6.24. The predicted molar refractivity (Wildman–Crippen MR) is 205 cm³/mol. The molecule has 1 unspecified atom stereocenters. The highest BCUT2D eigenvalue weighted by molar-refractivity contribution is 6.31. The van der Waals surface area contributed by atoms with Crippen molar-refractivity contribution in [1.29, 1.82) is 0 Å². The number of rotatable bonds is 16. The number of ether oxygens (including phenoxy) is 2. The smallest absolute Gasteiger partial charge is 0.414 e. The van der Waals surface area contributed by atoms with Crippen LogP contribution in [0.3, 0.4) is 0 Å². The van der Waals surface area contributed by atoms with Crippen LogP contribution in [-0.2, 0) is 35.5 Å². The topological polar surface area (TPSA) is 111 Å². The molecule has 0 bridgehead atoms. The molecule has 0 aliphatic heterocycles. The average molecular weight is 724 g/mol. The number of hydrogen-bond donors (Lipinski definition) is 1. The molecule has 0 spiro atoms. The van der Waals surface area contributed by atoms with Crippen molar-refractivity contribution in [2.45, 2.75) is 79.0 Å². The first kappa shape index (κ1) is 38.1. The SMILES string of the molecule is CCCCc1nc2ccc(N(Cc3ccccc3)C(=O)OCC(C)C)cc2c(=O)n1Cc1ccc(OC(C(=O)O)c2ccccc2Cl)c(CCC)c1. The Bertz CT molecular complexity index is 2060. The minimum absolute atomic E-state index is 0.163. The van der Waals surface area contributed by atoms with E-state index in [0.717, 1.165) is 36.0 Å². The Morgan fingerprint density at radius 3 is 2.35 bits per heavy atom. The maximum Gasteiger partial charge on any atom is 0.414 e. The van der Waals surface area contributed by atoms with Crippen LogP contribution in [0.25, 0.3) is 10.9 Å². The summed E-state index contributed by atoms with van der Waals surface area (Å²) in [4.78, 5) is 46.6. The molecule has 1 heterocycles. The fourth-order valence-electron chi connectivity index (χ4n) is 6.01. The minimum Gasteiger partial charge on any atom is -0.478 e. The van der Waals surface area contributed by atoms with E-state index in [9.17, 15) is 19.5 Å². The Labute approximate surface area is 309 Å². The highest BCUT2D eigenvalue weighted by atomic mass is 35.5. The van der Waals surface area contributed by atoms with Crippen LogP contribution in [0, 0.1) is 5.92 Å². The van der Waals surface area contributed by atoms with Crippen molar-refractivity contribution in [1.82, 2.24) is 9.55 Å². The Morgan fingerprint density at radius 1 is 0.904 bits per heavy atom. The number of fused-ring (bicyclic) bond motifs is 1. The highest BCUT2D eigenvalue weighted by Gasteiger charge is 2.26. The molecule has 10 heteroatoms. The van der Waals surface area contributed by atoms with Gasteiger partial charge in [-0.15, -0.1) is 0 Å². The largest absolute Gasteiger partial charge is 0.478 e. The van der Waals surface area contributed by atoms with Crippen LogP contribution in [0.15, 0.2) is 95.8 Å². The molecular formula is C42H46ClN3O6. The first-order valence-corrected chi connectivity index (χ1v) is 18.2. The van der Waals surface area contributed by atoms with Gasteiger partial charge in [0.05, 0.1) is 30.6 Å². The number of anilines is 1. The van der Waals surface area contributed by atoms with Crippen molar-refractivity contribution < 1.29 is 24.2 Å². The number of nitrogens with zero attached hydrogens (tertiary/aromatic N) is 3. The van der Waals surface area contributed by atoms with Crippen molar-refractivity contribution in [2.24, 2.45) is 5.92 Å². The zero-order valence-corrected chi connectivity index (χ0v) is 30.9. The lowest BCUT2D eigenvalue weighted by Gasteiger charge is -2.23. The number of unbranched alkanes of at least 4 members (excludes halogenated alkanes) is 1. The quantitative estimate of drug-likeness (QED) is 0.108. The number of carboxylic acids is 1. The van der Waals surface area contributed by atoms with E-state index in [1.165, 1.54) is 0 Å². The monoisotopic (exact) mass is 723 g/mol. The third-order valence-electron chi connectivity index (χ3n) is 8.67. The van der Waals surface area contributed by atoms with Gasteiger partial charge in [0.1, 0.15) is 11.6 Å². The van der Waals surface area contributed by atoms with Crippen molar-refractivity contribution >= 4 is 40.3 Å². The van der Waals surface area contributed by atoms with E-state index in [-0.39, 0.29) is 31.2 Å². The number of carboxylic acid groups (broad SMARTS) is 1. The lowest BCUT2D eigenvalue weighted by Crippen LogP contribution is -2.32. The summed E-state index contributed by atoms with van der Waals surface area (Å²) in [6.07, 6.45) is 2.06. The Kier molecular flexibility index (Phi) is 13.1. The van der Waals surface area contributed by atoms with Gasteiger partial charge in [0.25, 0.3) is 5.56 Å². The zero-order chi connectivity index (χ0) is 37.2. The first-order valence-electron chi connectivity index (χ1n) is 17.9. The Balaban J connectivity index is 1.53. The second-order valence-electron chi connectivity index (χ2n) is 13.3. The van der Waals surface area contributed by atoms with Gasteiger partial charge < -0.3 is 14.6 Å². The normalized spacial score (nSPS) is 11.8. The molecule has 5 rings (SSSR count). The van der Waals surface area contributed by atoms with Crippen LogP contribution >= 0.6 is 11.6 Å². The molecule has 5 aromatic rings. The van der Waals surface area contributed by atoms with Crippen molar-refractivity contribution in [3.63, 3.8) is 0 Å². The van der Waals surface area contributed by atoms with Gasteiger partial charge in [0.2, 0.25) is 6.10 Å². The van der Waals surface area contributed by atoms with E-state index >= 15 is 0 Å². The molecule has 272 valence electrons. The zero-order valence-electron chi connectivity index (χ0n) is 30.2. The summed E-state index contributed by atoms with van der Waals surface area (Å²) in [5.74, 6) is 0.132. The predicted octanol–water partition coefficient (Wildman–Crippen LogP) is 9.40. The van der Waals surface area contributed by atoms with Gasteiger partial charge in [-0.25, -0.2) is 14.6 Å². The molecule has 0 aliphatic carbocycles. The third kappa shape index (κ3) is 9.39. The Morgan fingerprint density at radius 2 is 1.65 bits per heavy atom. The van der Waals surface area contributed by atoms with Gasteiger partial charge in [0.15, 0.2) is 0 Å². The summed E-state index contributed by atoms with van der Waals surface area (Å²) < 4.78 is 13.5. The number of aliphatic carboxylic acids is 1. The van der Waals surface area contributed by atoms with Crippen LogP contribution in [0.2, 0.25) is 5.02 Å². The number of amides is 1. The van der Waals surface area contributed by atoms with Crippen molar-refractivity contribution in [3.05, 3.63) is 134 Å². The molecule has 1 amide bonds. The van der Waals surface area contributed by atoms with Gasteiger partial charge in [-0.3, -0.25) is 14.3 Å². The number of hydrogen-bond acceptors (Lipinski definition) is 6. The molecule has 1 N–H and O–H groups in total. The number of benzene rings is 4. The molecule has 52 heavy (non-hydrogen) atoms. The van der Waals surface area contributed by atoms with Gasteiger partial charge >= 0.3 is 12.1 Å². The first-order chi connectivity index (χ1) is 25.1. The van der Waals surface area contributed by atoms with Gasteiger partial charge in [-0.2, -0.15) is 0 Å². The standard InChI is InChI=1S/C42H46ClN3O6/c1-5-7-18-38-44-36-21-20-32(45(42(50)51-27-28(3)4)25-29-14-9-8-10-15-29)24-34(36)40(47)46(38)26-30-19-22-37(31(23-30)13-6-2)52-39(41(48)49)33-16-11-12-17-35(33)43/h8-12,14-17,19-24,28,39H,5-7,13,18,25-27H2,1-4H3,(H,48,49). The second-order valence-corrected chi connectivity index (χ2v) is 13.7. The maximum absolute atomic E-state index is 14.4. The molecule has 1 aromatic heterocycles. The van der Waals surface area contributed by atoms with E-state index in [1.807, 2.05) is 69.3 Å². The van der Waals surface area contributed by atoms with Crippen LogP contribution in [0.5, 0.6) is 5.75 Å². The summed E-state index contributed by atoms with van der Waals surface area (Å²) >= 11 is 6.35. The molecule has 0 aliphatic rings. The number of aromatic nitrogens is 2. The second kappa shape index (κ2) is 17.9. The van der Waals surface area contributed by atoms with Crippen molar-refractivity contribution in [2.75, 3.05) is 11.5 Å². The summed E-state index contributed by atoms with van der Waals surface area (Å²) in [5, 5.41) is 10.8. The summed E-state index contributed by atoms with van der Waals surface area (Å²) in [5.41, 5.74) is 3.85. The maximum atomic E-state index is 14.4. The van der Waals surface area contributed by atoms with Gasteiger partial charge in [-0.1, -0.05) is 113 Å². The number of carbonyl (C=O) groups is 2. The average Bonchev–Trinajstić information content (AvgIpc) is 3.13. The third-order valence-corrected chi connectivity index (χ3v) is 9.01. The molecule has 0 fully saturated rings. The molecule has 1 atom stereocenters. The van der Waals surface area contributed by atoms with Crippen LogP contribution in [0.4, 0.5) is 10.5 Å². The van der Waals surface area contributed by atoms with Crippen LogP contribution in [0.1, 0.15) is 81.1 Å². The molecule has 0 saturated carbocycles. The number of halogens is 1. The summed E-state index contributed by atoms with van der Waals surface area (Å²) in [6.45, 7) is 8.89. The number of aryl methyl sites for hydroxylation is 2. The van der Waals surface area contributed by atoms with E-state index in [1.54, 1.807) is 51.9 Å². The van der Waals surface area contributed by atoms with Gasteiger partial charge in [0, 0.05) is 22.7 Å². The summed E-state index contributed by atoms with van der Waals surface area (Å²) in [7, 11) is 0. The minimum atomic E-state index is -1.29. The lowest BCUT2D eigenvalue weighted by atomic mass is 10.0. The Hall–Kier alpha value is -5.15. The molecule has 4 aromatic carbocycles. The van der Waals surface area contributed by atoms with E-state index in [0.29, 0.717) is 51.6 Å². The molecular weight excluding hydrogens is 678 g/mol. The highest BCUT2D eigenvalue weighted by Crippen LogP contribution is 2.31. The number of carbonyl (C=O) groups excluding carboxylic acids is 1. The van der Waals surface area contributed by atoms with E-state index in [2.05, 4.69) is 6.92 Å². The van der Waals surface area contributed by atoms with Crippen molar-refractivity contribution in [3.8, 4) is 5.75 Å². The fraction of sp³-hybridized carbons (Fsp3) is 0.333. The van der Waals surface area contributed by atoms with E-state index in [4.69, 9.17) is 26.1 Å². The molecule has 9 nitrogen and oxygen atoms in total.